The molecular weight excluding hydrogens is 136 g/mol. The summed E-state index contributed by atoms with van der Waals surface area (Å²) in [4.78, 5) is 0. The van der Waals surface area contributed by atoms with Crippen LogP contribution in [-0.2, 0) is 0 Å². The van der Waals surface area contributed by atoms with Gasteiger partial charge in [-0.05, 0) is 5.04 Å². The van der Waals surface area contributed by atoms with Gasteiger partial charge in [0.05, 0.1) is 8.07 Å². The molecule has 0 aromatic heterocycles. The summed E-state index contributed by atoms with van der Waals surface area (Å²) in [6, 6.07) is 0. The molecule has 0 atom stereocenters. The van der Waals surface area contributed by atoms with E-state index in [1.807, 2.05) is 0 Å². The molecule has 0 fully saturated rings. The fourth-order valence-corrected chi connectivity index (χ4v) is 1.41. The maximum atomic E-state index is 3.61. The zero-order valence-electron chi connectivity index (χ0n) is 7.78. The van der Waals surface area contributed by atoms with Gasteiger partial charge in [-0.25, -0.2) is 0 Å². The van der Waals surface area contributed by atoms with Crippen molar-refractivity contribution in [2.45, 2.75) is 38.9 Å². The SMILES string of the molecule is C=C=C[Si](C)(C)C(C)(C)C. The lowest BCUT2D eigenvalue weighted by Crippen LogP contribution is -2.34. The van der Waals surface area contributed by atoms with Crippen molar-refractivity contribution in [1.29, 1.82) is 0 Å². The molecule has 0 heterocycles. The van der Waals surface area contributed by atoms with Crippen LogP contribution in [0.15, 0.2) is 18.0 Å². The molecule has 0 nitrogen and oxygen atoms in total. The zero-order chi connectivity index (χ0) is 8.41. The molecule has 0 N–H and O–H groups in total. The normalized spacial score (nSPS) is 12.5. The van der Waals surface area contributed by atoms with Crippen LogP contribution in [0.25, 0.3) is 0 Å². The molecule has 1 heteroatoms. The van der Waals surface area contributed by atoms with Gasteiger partial charge in [-0.15, -0.1) is 5.73 Å². The van der Waals surface area contributed by atoms with Crippen LogP contribution in [0.5, 0.6) is 0 Å². The summed E-state index contributed by atoms with van der Waals surface area (Å²) < 4.78 is 0. The van der Waals surface area contributed by atoms with E-state index in [1.54, 1.807) is 0 Å². The summed E-state index contributed by atoms with van der Waals surface area (Å²) >= 11 is 0. The van der Waals surface area contributed by atoms with Crippen LogP contribution >= 0.6 is 0 Å². The van der Waals surface area contributed by atoms with E-state index in [0.717, 1.165) is 0 Å². The molecule has 0 aromatic rings. The Morgan fingerprint density at radius 2 is 1.70 bits per heavy atom. The van der Waals surface area contributed by atoms with Crippen LogP contribution in [0.2, 0.25) is 18.1 Å². The third-order valence-electron chi connectivity index (χ3n) is 2.40. The summed E-state index contributed by atoms with van der Waals surface area (Å²) in [6.07, 6.45) is 0. The fraction of sp³-hybridized carbons (Fsp3) is 0.667. The van der Waals surface area contributed by atoms with E-state index in [1.165, 1.54) is 0 Å². The molecule has 0 aliphatic carbocycles. The second-order valence-electron chi connectivity index (χ2n) is 4.32. The second kappa shape index (κ2) is 2.77. The Morgan fingerprint density at radius 3 is 1.80 bits per heavy atom. The first-order valence-corrected chi connectivity index (χ1v) is 6.76. The summed E-state index contributed by atoms with van der Waals surface area (Å²) in [5, 5.41) is 0.428. The van der Waals surface area contributed by atoms with E-state index in [9.17, 15) is 0 Å². The molecule has 0 saturated carbocycles. The molecular formula is C9H18Si. The molecule has 0 bridgehead atoms. The molecule has 0 rings (SSSR count). The van der Waals surface area contributed by atoms with Crippen molar-refractivity contribution in [2.24, 2.45) is 0 Å². The van der Waals surface area contributed by atoms with Crippen molar-refractivity contribution < 1.29 is 0 Å². The number of hydrogen-bond donors (Lipinski definition) is 0. The monoisotopic (exact) mass is 154 g/mol. The summed E-state index contributed by atoms with van der Waals surface area (Å²) in [6.45, 7) is 15.1. The minimum atomic E-state index is -1.20. The summed E-state index contributed by atoms with van der Waals surface area (Å²) in [7, 11) is -1.20. The van der Waals surface area contributed by atoms with Crippen LogP contribution < -0.4 is 0 Å². The minimum Gasteiger partial charge on any atom is -0.137 e. The van der Waals surface area contributed by atoms with Gasteiger partial charge in [0.2, 0.25) is 0 Å². The Kier molecular flexibility index (Phi) is 2.70. The first-order valence-electron chi connectivity index (χ1n) is 3.68. The number of hydrogen-bond acceptors (Lipinski definition) is 0. The van der Waals surface area contributed by atoms with Crippen LogP contribution in [0, 0.1) is 0 Å². The molecule has 0 spiro atoms. The molecule has 0 radical (unpaired) electrons. The fourth-order valence-electron chi connectivity index (χ4n) is 0.472. The van der Waals surface area contributed by atoms with Crippen LogP contribution in [0.3, 0.4) is 0 Å². The smallest absolute Gasteiger partial charge is 0.0864 e. The highest BCUT2D eigenvalue weighted by Crippen LogP contribution is 2.36. The molecule has 0 unspecified atom stereocenters. The molecule has 0 amide bonds. The zero-order valence-corrected chi connectivity index (χ0v) is 8.78. The quantitative estimate of drug-likeness (QED) is 0.401. The van der Waals surface area contributed by atoms with Gasteiger partial charge in [0, 0.05) is 0 Å². The Labute approximate surface area is 65.7 Å². The predicted molar refractivity (Wildman–Crippen MR) is 50.9 cm³/mol. The highest BCUT2D eigenvalue weighted by molar-refractivity contribution is 6.84. The third kappa shape index (κ3) is 2.16. The molecule has 0 aromatic carbocycles. The molecule has 0 saturated heterocycles. The van der Waals surface area contributed by atoms with Gasteiger partial charge >= 0.3 is 0 Å². The molecule has 0 aliphatic heterocycles. The van der Waals surface area contributed by atoms with Gasteiger partial charge in [0.1, 0.15) is 0 Å². The van der Waals surface area contributed by atoms with Gasteiger partial charge in [-0.1, -0.05) is 46.1 Å². The average molecular weight is 154 g/mol. The first kappa shape index (κ1) is 9.74. The van der Waals surface area contributed by atoms with Crippen LogP contribution in [-0.4, -0.2) is 8.07 Å². The summed E-state index contributed by atoms with van der Waals surface area (Å²) in [5.41, 5.74) is 5.07. The van der Waals surface area contributed by atoms with Crippen molar-refractivity contribution in [1.82, 2.24) is 0 Å². The van der Waals surface area contributed by atoms with E-state index >= 15 is 0 Å². The standard InChI is InChI=1S/C9H18Si/c1-7-8-10(5,6)9(2,3)4/h8H,1H2,2-6H3. The Bertz CT molecular complexity index is 154. The van der Waals surface area contributed by atoms with Crippen LogP contribution in [0.4, 0.5) is 0 Å². The van der Waals surface area contributed by atoms with Crippen LogP contribution in [0.1, 0.15) is 20.8 Å². The molecule has 58 valence electrons. The Morgan fingerprint density at radius 1 is 1.30 bits per heavy atom. The lowest BCUT2D eigenvalue weighted by molar-refractivity contribution is 0.729. The van der Waals surface area contributed by atoms with E-state index in [-0.39, 0.29) is 0 Å². The third-order valence-corrected chi connectivity index (χ3v) is 7.19. The van der Waals surface area contributed by atoms with Crippen molar-refractivity contribution in [2.75, 3.05) is 0 Å². The largest absolute Gasteiger partial charge is 0.137 e. The average Bonchev–Trinajstić information content (AvgIpc) is 1.61. The Balaban J connectivity index is 4.56. The van der Waals surface area contributed by atoms with Gasteiger partial charge < -0.3 is 0 Å². The van der Waals surface area contributed by atoms with Gasteiger partial charge in [-0.2, -0.15) is 0 Å². The lowest BCUT2D eigenvalue weighted by atomic mass is 10.2. The van der Waals surface area contributed by atoms with Gasteiger partial charge in [0.15, 0.2) is 0 Å². The molecule has 10 heavy (non-hydrogen) atoms. The van der Waals surface area contributed by atoms with Crippen molar-refractivity contribution in [3.8, 4) is 0 Å². The minimum absolute atomic E-state index is 0.428. The van der Waals surface area contributed by atoms with E-state index in [4.69, 9.17) is 0 Å². The first-order chi connectivity index (χ1) is 4.31. The summed E-state index contributed by atoms with van der Waals surface area (Å²) in [5.74, 6) is 0. The maximum absolute atomic E-state index is 3.61. The van der Waals surface area contributed by atoms with Gasteiger partial charge in [-0.3, -0.25) is 0 Å². The number of rotatable bonds is 1. The van der Waals surface area contributed by atoms with E-state index in [2.05, 4.69) is 51.9 Å². The highest BCUT2D eigenvalue weighted by atomic mass is 28.3. The van der Waals surface area contributed by atoms with Gasteiger partial charge in [0.25, 0.3) is 0 Å². The second-order valence-corrected chi connectivity index (χ2v) is 9.55. The Hall–Kier alpha value is -0.263. The maximum Gasteiger partial charge on any atom is 0.0864 e. The highest BCUT2D eigenvalue weighted by Gasteiger charge is 2.32. The van der Waals surface area contributed by atoms with E-state index < -0.39 is 8.07 Å². The van der Waals surface area contributed by atoms with Crippen molar-refractivity contribution in [3.63, 3.8) is 0 Å². The van der Waals surface area contributed by atoms with E-state index in [0.29, 0.717) is 5.04 Å². The topological polar surface area (TPSA) is 0 Å². The van der Waals surface area contributed by atoms with Crippen molar-refractivity contribution in [3.05, 3.63) is 18.0 Å². The lowest BCUT2D eigenvalue weighted by Gasteiger charge is -2.33. The predicted octanol–water partition coefficient (Wildman–Crippen LogP) is 3.38. The van der Waals surface area contributed by atoms with Crippen molar-refractivity contribution >= 4 is 8.07 Å². The molecule has 0 aliphatic rings.